The number of fused-ring (bicyclic) bond motifs is 1. The van der Waals surface area contributed by atoms with E-state index in [-0.39, 0.29) is 55.0 Å². The van der Waals surface area contributed by atoms with Crippen molar-refractivity contribution in [3.63, 3.8) is 0 Å². The SMILES string of the molecule is CCC(C(=O)NC(C)(C)C)N(Cc1cccc(OC)c1)C(=O)CCN1C(=O)[C@H]2CC=CC[C@H]2C1=O. The van der Waals surface area contributed by atoms with E-state index in [0.717, 1.165) is 5.56 Å². The van der Waals surface area contributed by atoms with Gasteiger partial charge in [0.25, 0.3) is 0 Å². The molecular weight excluding hydrogens is 446 g/mol. The fourth-order valence-corrected chi connectivity index (χ4v) is 4.78. The number of nitrogens with one attached hydrogen (secondary N) is 1. The Bertz CT molecular complexity index is 971. The highest BCUT2D eigenvalue weighted by atomic mass is 16.5. The number of carbonyl (C=O) groups excluding carboxylic acids is 4. The molecule has 1 aliphatic heterocycles. The van der Waals surface area contributed by atoms with Gasteiger partial charge in [0.1, 0.15) is 11.8 Å². The number of imide groups is 1. The lowest BCUT2D eigenvalue weighted by Gasteiger charge is -2.33. The van der Waals surface area contributed by atoms with Gasteiger partial charge in [-0.05, 0) is 57.7 Å². The standard InChI is InChI=1S/C27H37N3O5/c1-6-22(24(32)28-27(2,3)4)30(17-18-10-9-11-19(16-18)35-5)23(31)14-15-29-25(33)20-12-7-8-13-21(20)26(29)34/h7-11,16,20-22H,6,12-15,17H2,1-5H3,(H,28,32)/t20-,21+,22?. The molecule has 1 aromatic rings. The summed E-state index contributed by atoms with van der Waals surface area (Å²) in [5.74, 6) is -0.901. The Labute approximate surface area is 207 Å². The predicted molar refractivity (Wildman–Crippen MR) is 132 cm³/mol. The molecule has 1 aromatic carbocycles. The molecule has 3 atom stereocenters. The van der Waals surface area contributed by atoms with Gasteiger partial charge in [-0.2, -0.15) is 0 Å². The van der Waals surface area contributed by atoms with Crippen LogP contribution >= 0.6 is 0 Å². The van der Waals surface area contributed by atoms with E-state index in [1.807, 2.05) is 64.1 Å². The molecule has 0 aromatic heterocycles. The van der Waals surface area contributed by atoms with Gasteiger partial charge in [0.15, 0.2) is 0 Å². The third-order valence-corrected chi connectivity index (χ3v) is 6.52. The number of amides is 4. The van der Waals surface area contributed by atoms with Gasteiger partial charge in [-0.15, -0.1) is 0 Å². The average Bonchev–Trinajstić information content (AvgIpc) is 3.06. The van der Waals surface area contributed by atoms with Crippen LogP contribution in [0.25, 0.3) is 0 Å². The van der Waals surface area contributed by atoms with E-state index in [1.54, 1.807) is 12.0 Å². The van der Waals surface area contributed by atoms with E-state index in [1.165, 1.54) is 4.90 Å². The first-order valence-corrected chi connectivity index (χ1v) is 12.3. The molecule has 1 unspecified atom stereocenters. The summed E-state index contributed by atoms with van der Waals surface area (Å²) in [6.45, 7) is 7.78. The molecule has 1 fully saturated rings. The first-order valence-electron chi connectivity index (χ1n) is 12.3. The van der Waals surface area contributed by atoms with Crippen LogP contribution in [-0.4, -0.2) is 58.7 Å². The van der Waals surface area contributed by atoms with Gasteiger partial charge < -0.3 is 15.0 Å². The molecular formula is C27H37N3O5. The van der Waals surface area contributed by atoms with Gasteiger partial charge in [0.05, 0.1) is 18.9 Å². The number of nitrogens with zero attached hydrogens (tertiary/aromatic N) is 2. The highest BCUT2D eigenvalue weighted by Gasteiger charge is 2.47. The van der Waals surface area contributed by atoms with Gasteiger partial charge in [-0.25, -0.2) is 0 Å². The second-order valence-corrected chi connectivity index (χ2v) is 10.3. The Balaban J connectivity index is 1.79. The van der Waals surface area contributed by atoms with Crippen LogP contribution in [0.1, 0.15) is 58.9 Å². The molecule has 4 amide bonds. The number of ether oxygens (including phenoxy) is 1. The largest absolute Gasteiger partial charge is 0.497 e. The number of methoxy groups -OCH3 is 1. The fraction of sp³-hybridized carbons (Fsp3) is 0.556. The Kier molecular flexibility index (Phi) is 8.35. The van der Waals surface area contributed by atoms with Crippen molar-refractivity contribution in [3.05, 3.63) is 42.0 Å². The van der Waals surface area contributed by atoms with E-state index < -0.39 is 11.6 Å². The van der Waals surface area contributed by atoms with Gasteiger partial charge in [-0.1, -0.05) is 31.2 Å². The maximum absolute atomic E-state index is 13.5. The van der Waals surface area contributed by atoms with Crippen molar-refractivity contribution in [1.82, 2.24) is 15.1 Å². The number of hydrogen-bond acceptors (Lipinski definition) is 5. The molecule has 1 heterocycles. The lowest BCUT2D eigenvalue weighted by Crippen LogP contribution is -2.53. The smallest absolute Gasteiger partial charge is 0.243 e. The zero-order chi connectivity index (χ0) is 25.8. The van der Waals surface area contributed by atoms with E-state index in [2.05, 4.69) is 5.32 Å². The first kappa shape index (κ1) is 26.4. The number of benzene rings is 1. The summed E-state index contributed by atoms with van der Waals surface area (Å²) in [5, 5.41) is 2.98. The number of carbonyl (C=O) groups is 4. The Hall–Kier alpha value is -3.16. The Morgan fingerprint density at radius 1 is 1.14 bits per heavy atom. The number of rotatable bonds is 9. The molecule has 1 saturated heterocycles. The van der Waals surface area contributed by atoms with Crippen LogP contribution in [0.15, 0.2) is 36.4 Å². The van der Waals surface area contributed by atoms with Crippen molar-refractivity contribution in [2.75, 3.05) is 13.7 Å². The molecule has 8 heteroatoms. The molecule has 1 N–H and O–H groups in total. The summed E-state index contributed by atoms with van der Waals surface area (Å²) in [4.78, 5) is 55.1. The monoisotopic (exact) mass is 483 g/mol. The lowest BCUT2D eigenvalue weighted by atomic mass is 9.85. The topological polar surface area (TPSA) is 96.0 Å². The van der Waals surface area contributed by atoms with Gasteiger partial charge >= 0.3 is 0 Å². The summed E-state index contributed by atoms with van der Waals surface area (Å²) in [6.07, 6.45) is 5.40. The Morgan fingerprint density at radius 3 is 2.31 bits per heavy atom. The molecule has 8 nitrogen and oxygen atoms in total. The molecule has 0 spiro atoms. The third kappa shape index (κ3) is 6.29. The van der Waals surface area contributed by atoms with E-state index >= 15 is 0 Å². The summed E-state index contributed by atoms with van der Waals surface area (Å²) in [6, 6.07) is 6.68. The highest BCUT2D eigenvalue weighted by molar-refractivity contribution is 6.05. The van der Waals surface area contributed by atoms with Gasteiger partial charge in [-0.3, -0.25) is 24.1 Å². The molecule has 2 aliphatic rings. The summed E-state index contributed by atoms with van der Waals surface area (Å²) in [5.41, 5.74) is 0.374. The molecule has 0 saturated carbocycles. The molecule has 0 bridgehead atoms. The first-order chi connectivity index (χ1) is 16.6. The normalized spacial score (nSPS) is 20.4. The van der Waals surface area contributed by atoms with Crippen LogP contribution in [0.4, 0.5) is 0 Å². The summed E-state index contributed by atoms with van der Waals surface area (Å²) < 4.78 is 5.31. The summed E-state index contributed by atoms with van der Waals surface area (Å²) >= 11 is 0. The van der Waals surface area contributed by atoms with Crippen molar-refractivity contribution >= 4 is 23.6 Å². The minimum Gasteiger partial charge on any atom is -0.497 e. The van der Waals surface area contributed by atoms with Crippen LogP contribution in [-0.2, 0) is 25.7 Å². The van der Waals surface area contributed by atoms with Crippen LogP contribution < -0.4 is 10.1 Å². The molecule has 190 valence electrons. The zero-order valence-corrected chi connectivity index (χ0v) is 21.4. The molecule has 1 aliphatic carbocycles. The summed E-state index contributed by atoms with van der Waals surface area (Å²) in [7, 11) is 1.57. The maximum atomic E-state index is 13.5. The lowest BCUT2D eigenvalue weighted by molar-refractivity contribution is -0.144. The van der Waals surface area contributed by atoms with Crippen molar-refractivity contribution in [3.8, 4) is 5.75 Å². The third-order valence-electron chi connectivity index (χ3n) is 6.52. The number of likely N-dealkylation sites (tertiary alicyclic amines) is 1. The van der Waals surface area contributed by atoms with Crippen LogP contribution in [0.5, 0.6) is 5.75 Å². The quantitative estimate of drug-likeness (QED) is 0.430. The van der Waals surface area contributed by atoms with E-state index in [9.17, 15) is 19.2 Å². The van der Waals surface area contributed by atoms with Crippen LogP contribution in [0.3, 0.4) is 0 Å². The molecule has 35 heavy (non-hydrogen) atoms. The van der Waals surface area contributed by atoms with Crippen molar-refractivity contribution in [2.24, 2.45) is 11.8 Å². The van der Waals surface area contributed by atoms with E-state index in [0.29, 0.717) is 25.0 Å². The molecule has 0 radical (unpaired) electrons. The maximum Gasteiger partial charge on any atom is 0.243 e. The molecule has 3 rings (SSSR count). The average molecular weight is 484 g/mol. The minimum atomic E-state index is -0.690. The van der Waals surface area contributed by atoms with E-state index in [4.69, 9.17) is 4.74 Å². The van der Waals surface area contributed by atoms with Gasteiger partial charge in [0.2, 0.25) is 23.6 Å². The van der Waals surface area contributed by atoms with Crippen molar-refractivity contribution in [1.29, 1.82) is 0 Å². The second-order valence-electron chi connectivity index (χ2n) is 10.3. The minimum absolute atomic E-state index is 0.0232. The Morgan fingerprint density at radius 2 is 1.77 bits per heavy atom. The predicted octanol–water partition coefficient (Wildman–Crippen LogP) is 3.06. The van der Waals surface area contributed by atoms with Crippen LogP contribution in [0.2, 0.25) is 0 Å². The van der Waals surface area contributed by atoms with Crippen molar-refractivity contribution < 1.29 is 23.9 Å². The van der Waals surface area contributed by atoms with Gasteiger partial charge in [0, 0.05) is 25.0 Å². The zero-order valence-electron chi connectivity index (χ0n) is 21.4. The number of allylic oxidation sites excluding steroid dienone is 2. The number of hydrogen-bond donors (Lipinski definition) is 1. The fourth-order valence-electron chi connectivity index (χ4n) is 4.78. The highest BCUT2D eigenvalue weighted by Crippen LogP contribution is 2.35. The van der Waals surface area contributed by atoms with Crippen LogP contribution in [0, 0.1) is 11.8 Å². The van der Waals surface area contributed by atoms with Crippen molar-refractivity contribution in [2.45, 2.75) is 71.5 Å². The second kappa shape index (κ2) is 11.1.